The number of thiophene rings is 1. The second-order valence-electron chi connectivity index (χ2n) is 5.34. The predicted octanol–water partition coefficient (Wildman–Crippen LogP) is 2.33. The van der Waals surface area contributed by atoms with E-state index in [1.807, 2.05) is 10.8 Å². The first-order valence-electron chi connectivity index (χ1n) is 6.84. The zero-order valence-electron chi connectivity index (χ0n) is 12.1. The first kappa shape index (κ1) is 16.6. The van der Waals surface area contributed by atoms with Crippen LogP contribution in [0.25, 0.3) is 0 Å². The normalized spacial score (nSPS) is 15.1. The fourth-order valence-electron chi connectivity index (χ4n) is 2.02. The molecule has 0 bridgehead atoms. The van der Waals surface area contributed by atoms with Crippen LogP contribution in [0.2, 0.25) is 0 Å². The van der Waals surface area contributed by atoms with E-state index in [1.54, 1.807) is 19.1 Å². The number of benzene rings is 1. The molecule has 2 unspecified atom stereocenters. The van der Waals surface area contributed by atoms with Crippen molar-refractivity contribution in [3.8, 4) is 0 Å². The second-order valence-corrected chi connectivity index (χ2v) is 6.12. The Labute approximate surface area is 132 Å². The SMILES string of the molecule is CC(O)(CNC(=O)CC(O)c1cccc(F)c1)c1ccsc1. The van der Waals surface area contributed by atoms with E-state index in [2.05, 4.69) is 5.32 Å². The Bertz CT molecular complexity index is 628. The molecule has 2 aromatic rings. The summed E-state index contributed by atoms with van der Waals surface area (Å²) in [6.07, 6.45) is -1.27. The smallest absolute Gasteiger partial charge is 0.223 e. The zero-order valence-corrected chi connectivity index (χ0v) is 12.9. The highest BCUT2D eigenvalue weighted by Gasteiger charge is 2.24. The molecule has 1 aromatic carbocycles. The average Bonchev–Trinajstić information content (AvgIpc) is 3.00. The Morgan fingerprint density at radius 3 is 2.86 bits per heavy atom. The van der Waals surface area contributed by atoms with Crippen molar-refractivity contribution >= 4 is 17.2 Å². The van der Waals surface area contributed by atoms with Gasteiger partial charge in [-0.25, -0.2) is 4.39 Å². The Hall–Kier alpha value is -1.76. The van der Waals surface area contributed by atoms with Crippen LogP contribution in [0.1, 0.15) is 30.6 Å². The molecule has 0 aliphatic heterocycles. The van der Waals surface area contributed by atoms with Crippen molar-refractivity contribution in [1.82, 2.24) is 5.32 Å². The van der Waals surface area contributed by atoms with Gasteiger partial charge in [-0.2, -0.15) is 11.3 Å². The summed E-state index contributed by atoms with van der Waals surface area (Å²) in [6.45, 7) is 1.65. The molecule has 0 saturated heterocycles. The van der Waals surface area contributed by atoms with Crippen molar-refractivity contribution in [3.05, 3.63) is 58.0 Å². The average molecular weight is 323 g/mol. The maximum absolute atomic E-state index is 13.1. The van der Waals surface area contributed by atoms with Crippen LogP contribution in [0.5, 0.6) is 0 Å². The Morgan fingerprint density at radius 2 is 2.23 bits per heavy atom. The Morgan fingerprint density at radius 1 is 1.45 bits per heavy atom. The number of aliphatic hydroxyl groups is 2. The van der Waals surface area contributed by atoms with Crippen LogP contribution in [-0.2, 0) is 10.4 Å². The van der Waals surface area contributed by atoms with E-state index in [9.17, 15) is 19.4 Å². The van der Waals surface area contributed by atoms with Gasteiger partial charge in [-0.15, -0.1) is 0 Å². The minimum Gasteiger partial charge on any atom is -0.388 e. The number of hydrogen-bond donors (Lipinski definition) is 3. The van der Waals surface area contributed by atoms with Crippen LogP contribution in [0.3, 0.4) is 0 Å². The molecule has 118 valence electrons. The van der Waals surface area contributed by atoms with E-state index in [1.165, 1.54) is 29.5 Å². The summed E-state index contributed by atoms with van der Waals surface area (Å²) in [7, 11) is 0. The largest absolute Gasteiger partial charge is 0.388 e. The number of rotatable bonds is 6. The standard InChI is InChI=1S/C16H18FNO3S/c1-16(21,12-5-6-22-9-12)10-18-15(20)8-14(19)11-3-2-4-13(17)7-11/h2-7,9,14,19,21H,8,10H2,1H3,(H,18,20). The summed E-state index contributed by atoms with van der Waals surface area (Å²) in [6, 6.07) is 7.29. The first-order valence-corrected chi connectivity index (χ1v) is 7.78. The lowest BCUT2D eigenvalue weighted by Gasteiger charge is -2.23. The van der Waals surface area contributed by atoms with Crippen LogP contribution >= 0.6 is 11.3 Å². The van der Waals surface area contributed by atoms with E-state index >= 15 is 0 Å². The first-order chi connectivity index (χ1) is 10.4. The number of aliphatic hydroxyl groups excluding tert-OH is 1. The summed E-state index contributed by atoms with van der Waals surface area (Å²) in [4.78, 5) is 11.9. The molecule has 22 heavy (non-hydrogen) atoms. The number of hydrogen-bond acceptors (Lipinski definition) is 4. The lowest BCUT2D eigenvalue weighted by Crippen LogP contribution is -2.38. The maximum atomic E-state index is 13.1. The minimum atomic E-state index is -1.17. The molecule has 0 saturated carbocycles. The molecule has 3 N–H and O–H groups in total. The quantitative estimate of drug-likeness (QED) is 0.764. The van der Waals surface area contributed by atoms with Crippen molar-refractivity contribution in [2.45, 2.75) is 25.0 Å². The molecule has 0 aliphatic carbocycles. The number of halogens is 1. The fourth-order valence-corrected chi connectivity index (χ4v) is 2.81. The summed E-state index contributed by atoms with van der Waals surface area (Å²) in [5.41, 5.74) is -0.0948. The van der Waals surface area contributed by atoms with Gasteiger partial charge in [0, 0.05) is 0 Å². The van der Waals surface area contributed by atoms with Crippen LogP contribution < -0.4 is 5.32 Å². The molecule has 1 heterocycles. The minimum absolute atomic E-state index is 0.0401. The zero-order chi connectivity index (χ0) is 16.2. The molecule has 0 aliphatic rings. The van der Waals surface area contributed by atoms with E-state index in [4.69, 9.17) is 0 Å². The van der Waals surface area contributed by atoms with Crippen molar-refractivity contribution < 1.29 is 19.4 Å². The van der Waals surface area contributed by atoms with E-state index in [0.717, 1.165) is 5.56 Å². The highest BCUT2D eigenvalue weighted by atomic mass is 32.1. The lowest BCUT2D eigenvalue weighted by atomic mass is 9.99. The third kappa shape index (κ3) is 4.37. The fraction of sp³-hybridized carbons (Fsp3) is 0.312. The van der Waals surface area contributed by atoms with Gasteiger partial charge >= 0.3 is 0 Å². The van der Waals surface area contributed by atoms with Gasteiger partial charge in [-0.3, -0.25) is 4.79 Å². The summed E-state index contributed by atoms with van der Waals surface area (Å²) < 4.78 is 13.1. The number of amides is 1. The molecular weight excluding hydrogens is 305 g/mol. The molecular formula is C16H18FNO3S. The van der Waals surface area contributed by atoms with Crippen LogP contribution in [0.4, 0.5) is 4.39 Å². The maximum Gasteiger partial charge on any atom is 0.223 e. The van der Waals surface area contributed by atoms with Gasteiger partial charge in [0.2, 0.25) is 5.91 Å². The predicted molar refractivity (Wildman–Crippen MR) is 82.9 cm³/mol. The topological polar surface area (TPSA) is 69.6 Å². The van der Waals surface area contributed by atoms with Crippen LogP contribution in [0.15, 0.2) is 41.1 Å². The van der Waals surface area contributed by atoms with Gasteiger partial charge in [-0.05, 0) is 47.0 Å². The van der Waals surface area contributed by atoms with Gasteiger partial charge in [0.15, 0.2) is 0 Å². The third-order valence-corrected chi connectivity index (χ3v) is 4.07. The van der Waals surface area contributed by atoms with Gasteiger partial charge in [0.25, 0.3) is 0 Å². The summed E-state index contributed by atoms with van der Waals surface area (Å²) >= 11 is 1.46. The monoisotopic (exact) mass is 323 g/mol. The highest BCUT2D eigenvalue weighted by molar-refractivity contribution is 7.08. The van der Waals surface area contributed by atoms with E-state index in [0.29, 0.717) is 5.56 Å². The highest BCUT2D eigenvalue weighted by Crippen LogP contribution is 2.22. The van der Waals surface area contributed by atoms with Crippen molar-refractivity contribution in [1.29, 1.82) is 0 Å². The van der Waals surface area contributed by atoms with Crippen molar-refractivity contribution in [2.75, 3.05) is 6.54 Å². The van der Waals surface area contributed by atoms with Gasteiger partial charge in [0.05, 0.1) is 19.1 Å². The van der Waals surface area contributed by atoms with E-state index in [-0.39, 0.29) is 13.0 Å². The molecule has 0 radical (unpaired) electrons. The van der Waals surface area contributed by atoms with Crippen molar-refractivity contribution in [2.24, 2.45) is 0 Å². The molecule has 2 atom stereocenters. The molecule has 1 aromatic heterocycles. The van der Waals surface area contributed by atoms with Gasteiger partial charge < -0.3 is 15.5 Å². The molecule has 4 nitrogen and oxygen atoms in total. The van der Waals surface area contributed by atoms with E-state index < -0.39 is 23.4 Å². The third-order valence-electron chi connectivity index (χ3n) is 3.39. The molecule has 6 heteroatoms. The van der Waals surface area contributed by atoms with Crippen LogP contribution in [0, 0.1) is 5.82 Å². The molecule has 0 fully saturated rings. The molecule has 0 spiro atoms. The van der Waals surface area contributed by atoms with Gasteiger partial charge in [-0.1, -0.05) is 12.1 Å². The molecule has 1 amide bonds. The lowest BCUT2D eigenvalue weighted by molar-refractivity contribution is -0.124. The Kier molecular flexibility index (Phi) is 5.28. The summed E-state index contributed by atoms with van der Waals surface area (Å²) in [5.74, 6) is -0.871. The Balaban J connectivity index is 1.88. The number of nitrogens with one attached hydrogen (secondary N) is 1. The summed E-state index contributed by atoms with van der Waals surface area (Å²) in [5, 5.41) is 26.5. The molecule has 2 rings (SSSR count). The van der Waals surface area contributed by atoms with Gasteiger partial charge in [0.1, 0.15) is 11.4 Å². The van der Waals surface area contributed by atoms with Crippen LogP contribution in [-0.4, -0.2) is 22.7 Å². The van der Waals surface area contributed by atoms with Crippen molar-refractivity contribution in [3.63, 3.8) is 0 Å². The number of carbonyl (C=O) groups excluding carboxylic acids is 1. The number of carbonyl (C=O) groups is 1. The second kappa shape index (κ2) is 7.00.